The highest BCUT2D eigenvalue weighted by molar-refractivity contribution is 5.59. The highest BCUT2D eigenvalue weighted by Gasteiger charge is 2.24. The van der Waals surface area contributed by atoms with Crippen LogP contribution in [0.5, 0.6) is 0 Å². The Kier molecular flexibility index (Phi) is 4.25. The molecule has 2 N–H and O–H groups in total. The lowest BCUT2D eigenvalue weighted by Crippen LogP contribution is -2.42. The van der Waals surface area contributed by atoms with E-state index in [0.29, 0.717) is 6.04 Å². The van der Waals surface area contributed by atoms with Crippen LogP contribution in [0.2, 0.25) is 0 Å². The van der Waals surface area contributed by atoms with Gasteiger partial charge in [-0.05, 0) is 44.9 Å². The standard InChI is InChI=1S/C15H24N2O/c1-11-5-4-6-12(2)15(11)17-9-14(10-18)16-8-7-13(17)3/h4-6,13-14,16,18H,7-10H2,1-3H3. The van der Waals surface area contributed by atoms with E-state index < -0.39 is 0 Å². The van der Waals surface area contributed by atoms with E-state index in [0.717, 1.165) is 19.5 Å². The van der Waals surface area contributed by atoms with Crippen LogP contribution in [0.25, 0.3) is 0 Å². The van der Waals surface area contributed by atoms with E-state index in [4.69, 9.17) is 0 Å². The van der Waals surface area contributed by atoms with Crippen molar-refractivity contribution in [3.05, 3.63) is 29.3 Å². The van der Waals surface area contributed by atoms with Gasteiger partial charge in [0.25, 0.3) is 0 Å². The first kappa shape index (κ1) is 13.4. The summed E-state index contributed by atoms with van der Waals surface area (Å²) in [5.74, 6) is 0. The van der Waals surface area contributed by atoms with Crippen LogP contribution < -0.4 is 10.2 Å². The zero-order valence-corrected chi connectivity index (χ0v) is 11.6. The lowest BCUT2D eigenvalue weighted by atomic mass is 10.0. The van der Waals surface area contributed by atoms with E-state index in [2.05, 4.69) is 49.2 Å². The van der Waals surface area contributed by atoms with Crippen LogP contribution in [-0.2, 0) is 0 Å². The molecule has 0 saturated carbocycles. The first-order valence-corrected chi connectivity index (χ1v) is 6.80. The smallest absolute Gasteiger partial charge is 0.0601 e. The van der Waals surface area contributed by atoms with Crippen molar-refractivity contribution in [3.63, 3.8) is 0 Å². The normalized spacial score (nSPS) is 25.0. The van der Waals surface area contributed by atoms with Gasteiger partial charge >= 0.3 is 0 Å². The van der Waals surface area contributed by atoms with Crippen LogP contribution in [0.4, 0.5) is 5.69 Å². The molecule has 0 aromatic heterocycles. The maximum Gasteiger partial charge on any atom is 0.0601 e. The van der Waals surface area contributed by atoms with Gasteiger partial charge in [0.1, 0.15) is 0 Å². The third-order valence-electron chi connectivity index (χ3n) is 3.89. The third-order valence-corrected chi connectivity index (χ3v) is 3.89. The number of aliphatic hydroxyl groups is 1. The fourth-order valence-electron chi connectivity index (χ4n) is 2.83. The van der Waals surface area contributed by atoms with Gasteiger partial charge in [0.2, 0.25) is 0 Å². The maximum absolute atomic E-state index is 9.42. The van der Waals surface area contributed by atoms with Crippen LogP contribution >= 0.6 is 0 Å². The second-order valence-corrected chi connectivity index (χ2v) is 5.36. The molecule has 100 valence electrons. The summed E-state index contributed by atoms with van der Waals surface area (Å²) in [6.07, 6.45) is 1.12. The molecule has 2 unspecified atom stereocenters. The molecule has 1 aliphatic rings. The van der Waals surface area contributed by atoms with Crippen molar-refractivity contribution in [1.82, 2.24) is 5.32 Å². The van der Waals surface area contributed by atoms with Crippen molar-refractivity contribution in [2.24, 2.45) is 0 Å². The molecular weight excluding hydrogens is 224 g/mol. The predicted molar refractivity (Wildman–Crippen MR) is 76.2 cm³/mol. The molecule has 0 bridgehead atoms. The quantitative estimate of drug-likeness (QED) is 0.838. The summed E-state index contributed by atoms with van der Waals surface area (Å²) >= 11 is 0. The van der Waals surface area contributed by atoms with Gasteiger partial charge in [0.15, 0.2) is 0 Å². The minimum atomic E-state index is 0.175. The molecule has 1 heterocycles. The lowest BCUT2D eigenvalue weighted by Gasteiger charge is -2.33. The molecule has 2 atom stereocenters. The average Bonchev–Trinajstić information content (AvgIpc) is 2.52. The molecule has 1 saturated heterocycles. The summed E-state index contributed by atoms with van der Waals surface area (Å²) in [4.78, 5) is 2.45. The number of benzene rings is 1. The Bertz CT molecular complexity index is 385. The summed E-state index contributed by atoms with van der Waals surface area (Å²) in [5, 5.41) is 12.8. The fourth-order valence-corrected chi connectivity index (χ4v) is 2.83. The average molecular weight is 248 g/mol. The first-order valence-electron chi connectivity index (χ1n) is 6.80. The summed E-state index contributed by atoms with van der Waals surface area (Å²) in [6, 6.07) is 7.13. The van der Waals surface area contributed by atoms with Crippen molar-refractivity contribution >= 4 is 5.69 Å². The Morgan fingerprint density at radius 1 is 1.33 bits per heavy atom. The number of aliphatic hydroxyl groups excluding tert-OH is 1. The molecule has 1 fully saturated rings. The lowest BCUT2D eigenvalue weighted by molar-refractivity contribution is 0.248. The minimum Gasteiger partial charge on any atom is -0.395 e. The highest BCUT2D eigenvalue weighted by atomic mass is 16.3. The van der Waals surface area contributed by atoms with Gasteiger partial charge in [0, 0.05) is 24.3 Å². The van der Waals surface area contributed by atoms with Gasteiger partial charge in [0.05, 0.1) is 6.61 Å². The molecule has 18 heavy (non-hydrogen) atoms. The van der Waals surface area contributed by atoms with Gasteiger partial charge in [-0.25, -0.2) is 0 Å². The zero-order valence-electron chi connectivity index (χ0n) is 11.6. The molecule has 0 amide bonds. The summed E-state index contributed by atoms with van der Waals surface area (Å²) in [6.45, 7) is 8.67. The zero-order chi connectivity index (χ0) is 13.1. The Hall–Kier alpha value is -1.06. The van der Waals surface area contributed by atoms with Crippen molar-refractivity contribution in [2.75, 3.05) is 24.6 Å². The Morgan fingerprint density at radius 3 is 2.61 bits per heavy atom. The Balaban J connectivity index is 2.33. The van der Waals surface area contributed by atoms with Gasteiger partial charge < -0.3 is 15.3 Å². The predicted octanol–water partition coefficient (Wildman–Crippen LogP) is 1.85. The molecule has 2 rings (SSSR count). The number of aryl methyl sites for hydroxylation is 2. The highest BCUT2D eigenvalue weighted by Crippen LogP contribution is 2.28. The van der Waals surface area contributed by atoms with Crippen molar-refractivity contribution < 1.29 is 5.11 Å². The monoisotopic (exact) mass is 248 g/mol. The van der Waals surface area contributed by atoms with E-state index >= 15 is 0 Å². The van der Waals surface area contributed by atoms with Crippen LogP contribution in [0.3, 0.4) is 0 Å². The number of hydrogen-bond donors (Lipinski definition) is 2. The molecule has 1 aromatic rings. The number of nitrogens with zero attached hydrogens (tertiary/aromatic N) is 1. The number of rotatable bonds is 2. The van der Waals surface area contributed by atoms with Gasteiger partial charge in [-0.2, -0.15) is 0 Å². The SMILES string of the molecule is Cc1cccc(C)c1N1CC(CO)NCCC1C. The second-order valence-electron chi connectivity index (χ2n) is 5.36. The van der Waals surface area contributed by atoms with E-state index in [9.17, 15) is 5.11 Å². The second kappa shape index (κ2) is 5.72. The topological polar surface area (TPSA) is 35.5 Å². The van der Waals surface area contributed by atoms with Crippen LogP contribution in [0.1, 0.15) is 24.5 Å². The van der Waals surface area contributed by atoms with Gasteiger partial charge in [-0.1, -0.05) is 18.2 Å². The fraction of sp³-hybridized carbons (Fsp3) is 0.600. The summed E-state index contributed by atoms with van der Waals surface area (Å²) in [7, 11) is 0. The molecule has 0 radical (unpaired) electrons. The largest absolute Gasteiger partial charge is 0.395 e. The van der Waals surface area contributed by atoms with E-state index in [1.54, 1.807) is 0 Å². The molecule has 0 spiro atoms. The van der Waals surface area contributed by atoms with Crippen molar-refractivity contribution in [2.45, 2.75) is 39.3 Å². The van der Waals surface area contributed by atoms with Crippen molar-refractivity contribution in [1.29, 1.82) is 0 Å². The first-order chi connectivity index (χ1) is 8.63. The Morgan fingerprint density at radius 2 is 2.00 bits per heavy atom. The summed E-state index contributed by atoms with van der Waals surface area (Å²) < 4.78 is 0. The van der Waals surface area contributed by atoms with Crippen LogP contribution in [0, 0.1) is 13.8 Å². The van der Waals surface area contributed by atoms with Gasteiger partial charge in [-0.3, -0.25) is 0 Å². The molecule has 3 nitrogen and oxygen atoms in total. The minimum absolute atomic E-state index is 0.175. The third kappa shape index (κ3) is 2.68. The number of hydrogen-bond acceptors (Lipinski definition) is 3. The molecular formula is C15H24N2O. The van der Waals surface area contributed by atoms with Crippen molar-refractivity contribution in [3.8, 4) is 0 Å². The summed E-state index contributed by atoms with van der Waals surface area (Å²) in [5.41, 5.74) is 3.98. The van der Waals surface area contributed by atoms with E-state index in [1.807, 2.05) is 0 Å². The maximum atomic E-state index is 9.42. The van der Waals surface area contributed by atoms with Gasteiger partial charge in [-0.15, -0.1) is 0 Å². The number of anilines is 1. The molecule has 3 heteroatoms. The number of nitrogens with one attached hydrogen (secondary N) is 1. The van der Waals surface area contributed by atoms with E-state index in [1.165, 1.54) is 16.8 Å². The molecule has 0 aliphatic carbocycles. The van der Waals surface area contributed by atoms with Crippen LogP contribution in [0.15, 0.2) is 18.2 Å². The number of para-hydroxylation sites is 1. The van der Waals surface area contributed by atoms with E-state index in [-0.39, 0.29) is 12.6 Å². The molecule has 1 aliphatic heterocycles. The molecule has 1 aromatic carbocycles. The Labute approximate surface area is 110 Å². The van der Waals surface area contributed by atoms with Crippen LogP contribution in [-0.4, -0.2) is 36.9 Å².